The molecule has 1 atom stereocenters. The molecule has 88 valence electrons. The van der Waals surface area contributed by atoms with Crippen molar-refractivity contribution in [2.24, 2.45) is 5.92 Å². The fourth-order valence-electron chi connectivity index (χ4n) is 1.08. The van der Waals surface area contributed by atoms with Crippen LogP contribution in [0, 0.1) is 17.2 Å². The Hall–Kier alpha value is -2.00. The number of pyridine rings is 1. The van der Waals surface area contributed by atoms with E-state index in [1.165, 1.54) is 0 Å². The SMILES string of the molecule is CCOC(=O)[C@H](C#N)C(=S)Nc1ccccn1. The maximum absolute atomic E-state index is 11.4. The average Bonchev–Trinajstić information content (AvgIpc) is 2.31. The Morgan fingerprint density at radius 3 is 3.00 bits per heavy atom. The molecule has 0 saturated carbocycles. The number of nitrogens with zero attached hydrogens (tertiary/aromatic N) is 2. The highest BCUT2D eigenvalue weighted by molar-refractivity contribution is 7.80. The van der Waals surface area contributed by atoms with Crippen molar-refractivity contribution >= 4 is 29.0 Å². The molecule has 0 unspecified atom stereocenters. The van der Waals surface area contributed by atoms with Crippen LogP contribution in [0.5, 0.6) is 0 Å². The summed E-state index contributed by atoms with van der Waals surface area (Å²) in [6, 6.07) is 7.01. The summed E-state index contributed by atoms with van der Waals surface area (Å²) >= 11 is 4.97. The molecule has 0 aliphatic heterocycles. The Labute approximate surface area is 104 Å². The van der Waals surface area contributed by atoms with Crippen LogP contribution < -0.4 is 5.32 Å². The predicted octanol–water partition coefficient (Wildman–Crippen LogP) is 1.52. The number of hydrogen-bond acceptors (Lipinski definition) is 5. The largest absolute Gasteiger partial charge is 0.465 e. The van der Waals surface area contributed by atoms with Gasteiger partial charge in [-0.15, -0.1) is 0 Å². The van der Waals surface area contributed by atoms with Crippen molar-refractivity contribution in [2.45, 2.75) is 6.92 Å². The van der Waals surface area contributed by atoms with E-state index < -0.39 is 11.9 Å². The predicted molar refractivity (Wildman–Crippen MR) is 66.2 cm³/mol. The Kier molecular flexibility index (Phi) is 5.04. The van der Waals surface area contributed by atoms with Gasteiger partial charge in [0.05, 0.1) is 12.7 Å². The molecule has 0 fully saturated rings. The number of rotatable bonds is 4. The number of carbonyl (C=O) groups is 1. The standard InChI is InChI=1S/C11H11N3O2S/c1-2-16-11(15)8(7-12)10(17)14-9-5-3-4-6-13-9/h3-6,8H,2H2,1H3,(H,13,14,17)/t8-/m1/s1. The molecule has 0 saturated heterocycles. The van der Waals surface area contributed by atoms with Crippen molar-refractivity contribution < 1.29 is 9.53 Å². The van der Waals surface area contributed by atoms with Crippen LogP contribution in [0.1, 0.15) is 6.92 Å². The summed E-state index contributed by atoms with van der Waals surface area (Å²) in [7, 11) is 0. The van der Waals surface area contributed by atoms with Crippen molar-refractivity contribution in [2.75, 3.05) is 11.9 Å². The molecule has 1 aromatic heterocycles. The van der Waals surface area contributed by atoms with E-state index in [0.717, 1.165) is 0 Å². The van der Waals surface area contributed by atoms with E-state index in [-0.39, 0.29) is 11.6 Å². The number of hydrogen-bond donors (Lipinski definition) is 1. The Balaban J connectivity index is 2.69. The lowest BCUT2D eigenvalue weighted by molar-refractivity contribution is -0.143. The van der Waals surface area contributed by atoms with Gasteiger partial charge in [-0.1, -0.05) is 18.3 Å². The van der Waals surface area contributed by atoms with Crippen molar-refractivity contribution in [3.63, 3.8) is 0 Å². The number of nitrogens with one attached hydrogen (secondary N) is 1. The minimum absolute atomic E-state index is 0.0876. The van der Waals surface area contributed by atoms with Crippen LogP contribution in [0.15, 0.2) is 24.4 Å². The van der Waals surface area contributed by atoms with Crippen molar-refractivity contribution in [3.05, 3.63) is 24.4 Å². The van der Waals surface area contributed by atoms with Gasteiger partial charge in [-0.25, -0.2) is 4.98 Å². The highest BCUT2D eigenvalue weighted by Crippen LogP contribution is 2.07. The summed E-state index contributed by atoms with van der Waals surface area (Å²) in [6.45, 7) is 1.88. The van der Waals surface area contributed by atoms with Gasteiger partial charge in [0.25, 0.3) is 0 Å². The van der Waals surface area contributed by atoms with Crippen molar-refractivity contribution in [1.82, 2.24) is 4.98 Å². The first-order valence-corrected chi connectivity index (χ1v) is 5.38. The summed E-state index contributed by atoms with van der Waals surface area (Å²) in [6.07, 6.45) is 1.58. The first kappa shape index (κ1) is 13.1. The second-order valence-corrected chi connectivity index (χ2v) is 3.46. The zero-order chi connectivity index (χ0) is 12.7. The fraction of sp³-hybridized carbons (Fsp3) is 0.273. The van der Waals surface area contributed by atoms with E-state index in [4.69, 9.17) is 22.2 Å². The van der Waals surface area contributed by atoms with Gasteiger partial charge < -0.3 is 10.1 Å². The minimum Gasteiger partial charge on any atom is -0.465 e. The van der Waals surface area contributed by atoms with E-state index in [2.05, 4.69) is 10.3 Å². The summed E-state index contributed by atoms with van der Waals surface area (Å²) in [5.41, 5.74) is 0. The lowest BCUT2D eigenvalue weighted by atomic mass is 10.2. The topological polar surface area (TPSA) is 75.0 Å². The number of aromatic nitrogens is 1. The van der Waals surface area contributed by atoms with E-state index >= 15 is 0 Å². The Morgan fingerprint density at radius 2 is 2.47 bits per heavy atom. The van der Waals surface area contributed by atoms with Gasteiger partial charge in [0.15, 0.2) is 5.92 Å². The van der Waals surface area contributed by atoms with Crippen molar-refractivity contribution in [3.8, 4) is 6.07 Å². The van der Waals surface area contributed by atoms with Gasteiger partial charge >= 0.3 is 5.97 Å². The molecule has 0 amide bonds. The Bertz CT molecular complexity index is 442. The van der Waals surface area contributed by atoms with Crippen LogP contribution >= 0.6 is 12.2 Å². The number of ether oxygens (including phenoxy) is 1. The van der Waals surface area contributed by atoms with Crippen LogP contribution in [0.2, 0.25) is 0 Å². The van der Waals surface area contributed by atoms with Gasteiger partial charge in [-0.3, -0.25) is 4.79 Å². The zero-order valence-corrected chi connectivity index (χ0v) is 10.0. The van der Waals surface area contributed by atoms with Gasteiger partial charge in [-0.2, -0.15) is 5.26 Å². The highest BCUT2D eigenvalue weighted by atomic mass is 32.1. The molecule has 0 bridgehead atoms. The molecular formula is C11H11N3O2S. The summed E-state index contributed by atoms with van der Waals surface area (Å²) in [5, 5.41) is 11.6. The average molecular weight is 249 g/mol. The highest BCUT2D eigenvalue weighted by Gasteiger charge is 2.24. The van der Waals surface area contributed by atoms with Crippen LogP contribution in [-0.4, -0.2) is 22.5 Å². The van der Waals surface area contributed by atoms with Crippen LogP contribution in [0.25, 0.3) is 0 Å². The number of carbonyl (C=O) groups excluding carboxylic acids is 1. The molecule has 1 N–H and O–H groups in total. The number of anilines is 1. The van der Waals surface area contributed by atoms with E-state index in [1.54, 1.807) is 37.4 Å². The van der Waals surface area contributed by atoms with Gasteiger partial charge in [0.2, 0.25) is 0 Å². The molecule has 1 rings (SSSR count). The third-order valence-corrected chi connectivity index (χ3v) is 2.17. The molecule has 0 radical (unpaired) electrons. The van der Waals surface area contributed by atoms with Gasteiger partial charge in [0.1, 0.15) is 10.8 Å². The first-order valence-electron chi connectivity index (χ1n) is 4.97. The molecule has 6 heteroatoms. The van der Waals surface area contributed by atoms with Crippen LogP contribution in [0.4, 0.5) is 5.82 Å². The van der Waals surface area contributed by atoms with Gasteiger partial charge in [-0.05, 0) is 19.1 Å². The second-order valence-electron chi connectivity index (χ2n) is 3.02. The first-order chi connectivity index (χ1) is 8.19. The summed E-state index contributed by atoms with van der Waals surface area (Å²) in [5.74, 6) is -1.27. The monoisotopic (exact) mass is 249 g/mol. The van der Waals surface area contributed by atoms with Crippen LogP contribution in [0.3, 0.4) is 0 Å². The molecule has 0 aromatic carbocycles. The summed E-state index contributed by atoms with van der Waals surface area (Å²) in [4.78, 5) is 15.5. The molecule has 1 aromatic rings. The molecule has 0 aliphatic rings. The normalized spacial score (nSPS) is 11.1. The van der Waals surface area contributed by atoms with E-state index in [9.17, 15) is 4.79 Å². The molecule has 0 aliphatic carbocycles. The van der Waals surface area contributed by atoms with Crippen LogP contribution in [-0.2, 0) is 9.53 Å². The van der Waals surface area contributed by atoms with E-state index in [1.807, 2.05) is 0 Å². The number of thiocarbonyl (C=S) groups is 1. The number of esters is 1. The molecule has 5 nitrogen and oxygen atoms in total. The maximum Gasteiger partial charge on any atom is 0.330 e. The second kappa shape index (κ2) is 6.55. The lowest BCUT2D eigenvalue weighted by Crippen LogP contribution is -2.28. The Morgan fingerprint density at radius 1 is 1.71 bits per heavy atom. The summed E-state index contributed by atoms with van der Waals surface area (Å²) < 4.78 is 4.74. The third kappa shape index (κ3) is 3.81. The fourth-order valence-corrected chi connectivity index (χ4v) is 1.33. The minimum atomic E-state index is -1.10. The van der Waals surface area contributed by atoms with Crippen molar-refractivity contribution in [1.29, 1.82) is 5.26 Å². The maximum atomic E-state index is 11.4. The number of nitriles is 1. The third-order valence-electron chi connectivity index (χ3n) is 1.83. The zero-order valence-electron chi connectivity index (χ0n) is 9.21. The quantitative estimate of drug-likeness (QED) is 0.644. The smallest absolute Gasteiger partial charge is 0.330 e. The molecule has 17 heavy (non-hydrogen) atoms. The lowest BCUT2D eigenvalue weighted by Gasteiger charge is -2.11. The van der Waals surface area contributed by atoms with Gasteiger partial charge in [0, 0.05) is 6.20 Å². The molecule has 1 heterocycles. The molecular weight excluding hydrogens is 238 g/mol. The molecule has 0 spiro atoms. The van der Waals surface area contributed by atoms with E-state index in [0.29, 0.717) is 5.82 Å².